The number of hydrogen-bond donors (Lipinski definition) is 1. The lowest BCUT2D eigenvalue weighted by Crippen LogP contribution is -2.56. The lowest BCUT2D eigenvalue weighted by Gasteiger charge is -2.50. The van der Waals surface area contributed by atoms with Gasteiger partial charge in [-0.05, 0) is 25.3 Å². The van der Waals surface area contributed by atoms with Gasteiger partial charge in [-0.1, -0.05) is 0 Å². The van der Waals surface area contributed by atoms with Gasteiger partial charge in [0.25, 0.3) is 5.91 Å². The minimum absolute atomic E-state index is 0.0429. The fraction of sp³-hybridized carbons (Fsp3) is 0.625. The lowest BCUT2D eigenvalue weighted by atomic mass is 9.65. The molecule has 0 bridgehead atoms. The van der Waals surface area contributed by atoms with E-state index in [1.807, 2.05) is 0 Å². The number of alkyl halides is 3. The van der Waals surface area contributed by atoms with Crippen molar-refractivity contribution in [3.63, 3.8) is 0 Å². The third-order valence-electron chi connectivity index (χ3n) is 5.07. The molecule has 3 rings (SSSR count). The molecule has 2 aliphatic rings. The van der Waals surface area contributed by atoms with Crippen molar-refractivity contribution in [1.29, 1.82) is 0 Å². The first-order valence-electron chi connectivity index (χ1n) is 7.90. The topological polar surface area (TPSA) is 62.7 Å². The van der Waals surface area contributed by atoms with E-state index in [9.17, 15) is 23.1 Å². The highest BCUT2D eigenvalue weighted by Crippen LogP contribution is 2.51. The van der Waals surface area contributed by atoms with Crippen LogP contribution in [0.2, 0.25) is 0 Å². The maximum atomic E-state index is 13.5. The molecule has 1 aromatic rings. The first-order valence-corrected chi connectivity index (χ1v) is 7.90. The first kappa shape index (κ1) is 17.0. The number of piperidine rings is 1. The van der Waals surface area contributed by atoms with Crippen LogP contribution in [0.1, 0.15) is 29.6 Å². The fourth-order valence-electron chi connectivity index (χ4n) is 3.86. The Bertz CT molecular complexity index is 615. The molecule has 2 fully saturated rings. The summed E-state index contributed by atoms with van der Waals surface area (Å²) in [6.45, 7) is 0.654. The van der Waals surface area contributed by atoms with Gasteiger partial charge >= 0.3 is 6.18 Å². The molecule has 0 radical (unpaired) electrons. The van der Waals surface area contributed by atoms with E-state index in [-0.39, 0.29) is 44.0 Å². The van der Waals surface area contributed by atoms with Crippen molar-refractivity contribution in [2.75, 3.05) is 26.3 Å². The number of halogens is 3. The standard InChI is InChI=1S/C16H19F3N2O3/c17-16(18,19)13-1-4-21(10-15(13)2-5-24-6-3-15)14(23)11-7-12(22)9-20-8-11/h7-9,13,22H,1-6,10H2. The quantitative estimate of drug-likeness (QED) is 0.851. The number of amides is 1. The molecule has 2 aliphatic heterocycles. The molecule has 1 atom stereocenters. The van der Waals surface area contributed by atoms with Gasteiger partial charge in [0.05, 0.1) is 17.7 Å². The molecule has 3 heterocycles. The van der Waals surface area contributed by atoms with Crippen molar-refractivity contribution in [2.45, 2.75) is 25.4 Å². The molecule has 132 valence electrons. The predicted octanol–water partition coefficient (Wildman–Crippen LogP) is 2.61. The second-order valence-corrected chi connectivity index (χ2v) is 6.52. The number of aromatic nitrogens is 1. The highest BCUT2D eigenvalue weighted by molar-refractivity contribution is 5.94. The number of carbonyl (C=O) groups excluding carboxylic acids is 1. The number of ether oxygens (including phenoxy) is 1. The maximum absolute atomic E-state index is 13.5. The van der Waals surface area contributed by atoms with Gasteiger partial charge in [0.2, 0.25) is 0 Å². The van der Waals surface area contributed by atoms with E-state index >= 15 is 0 Å². The largest absolute Gasteiger partial charge is 0.506 e. The molecule has 1 N–H and O–H groups in total. The number of aromatic hydroxyl groups is 1. The summed E-state index contributed by atoms with van der Waals surface area (Å²) < 4.78 is 45.7. The molecule has 8 heteroatoms. The highest BCUT2D eigenvalue weighted by atomic mass is 19.4. The molecule has 1 amide bonds. The second kappa shape index (κ2) is 6.23. The van der Waals surface area contributed by atoms with Gasteiger partial charge in [-0.2, -0.15) is 13.2 Å². The third-order valence-corrected chi connectivity index (χ3v) is 5.07. The van der Waals surface area contributed by atoms with Crippen LogP contribution in [-0.2, 0) is 4.74 Å². The molecule has 0 aromatic carbocycles. The maximum Gasteiger partial charge on any atom is 0.392 e. The van der Waals surface area contributed by atoms with Crippen LogP contribution in [0.25, 0.3) is 0 Å². The van der Waals surface area contributed by atoms with Crippen LogP contribution in [0.5, 0.6) is 5.75 Å². The second-order valence-electron chi connectivity index (χ2n) is 6.52. The van der Waals surface area contributed by atoms with Crippen molar-refractivity contribution in [3.8, 4) is 5.75 Å². The predicted molar refractivity (Wildman–Crippen MR) is 78.5 cm³/mol. The Labute approximate surface area is 137 Å². The number of nitrogens with zero attached hydrogens (tertiary/aromatic N) is 2. The summed E-state index contributed by atoms with van der Waals surface area (Å²) in [4.78, 5) is 17.8. The van der Waals surface area contributed by atoms with E-state index in [2.05, 4.69) is 4.98 Å². The van der Waals surface area contributed by atoms with E-state index in [1.165, 1.54) is 23.4 Å². The average Bonchev–Trinajstić information content (AvgIpc) is 2.53. The van der Waals surface area contributed by atoms with Crippen molar-refractivity contribution in [2.24, 2.45) is 11.3 Å². The fourth-order valence-corrected chi connectivity index (χ4v) is 3.86. The molecular weight excluding hydrogens is 325 g/mol. The van der Waals surface area contributed by atoms with Crippen molar-refractivity contribution in [3.05, 3.63) is 24.0 Å². The van der Waals surface area contributed by atoms with Gasteiger partial charge in [0.15, 0.2) is 0 Å². The summed E-state index contributed by atoms with van der Waals surface area (Å²) in [5.41, 5.74) is -0.808. The summed E-state index contributed by atoms with van der Waals surface area (Å²) in [7, 11) is 0. The molecule has 5 nitrogen and oxygen atoms in total. The van der Waals surface area contributed by atoms with Gasteiger partial charge in [-0.25, -0.2) is 0 Å². The van der Waals surface area contributed by atoms with Crippen molar-refractivity contribution in [1.82, 2.24) is 9.88 Å². The number of carbonyl (C=O) groups is 1. The van der Waals surface area contributed by atoms with Gasteiger partial charge in [-0.3, -0.25) is 9.78 Å². The van der Waals surface area contributed by atoms with Gasteiger partial charge < -0.3 is 14.7 Å². The third kappa shape index (κ3) is 3.19. The average molecular weight is 344 g/mol. The van der Waals surface area contributed by atoms with Crippen LogP contribution in [-0.4, -0.2) is 53.4 Å². The summed E-state index contributed by atoms with van der Waals surface area (Å²) >= 11 is 0. The van der Waals surface area contributed by atoms with E-state index in [0.29, 0.717) is 12.8 Å². The number of likely N-dealkylation sites (tertiary alicyclic amines) is 1. The molecule has 1 aromatic heterocycles. The Kier molecular flexibility index (Phi) is 4.42. The Morgan fingerprint density at radius 3 is 2.67 bits per heavy atom. The Morgan fingerprint density at radius 2 is 2.04 bits per heavy atom. The van der Waals surface area contributed by atoms with Gasteiger partial charge in [0.1, 0.15) is 5.75 Å². The van der Waals surface area contributed by atoms with Gasteiger partial charge in [-0.15, -0.1) is 0 Å². The zero-order valence-corrected chi connectivity index (χ0v) is 13.1. The zero-order valence-electron chi connectivity index (χ0n) is 13.1. The van der Waals surface area contributed by atoms with E-state index in [0.717, 1.165) is 0 Å². The molecule has 0 saturated carbocycles. The van der Waals surface area contributed by atoms with Crippen molar-refractivity contribution >= 4 is 5.91 Å². The molecule has 24 heavy (non-hydrogen) atoms. The van der Waals surface area contributed by atoms with E-state index in [4.69, 9.17) is 4.74 Å². The summed E-state index contributed by atoms with van der Waals surface area (Å²) in [5, 5.41) is 9.45. The van der Waals surface area contributed by atoms with E-state index < -0.39 is 23.4 Å². The van der Waals surface area contributed by atoms with Crippen LogP contribution in [0, 0.1) is 11.3 Å². The number of rotatable bonds is 1. The Hall–Kier alpha value is -1.83. The van der Waals surface area contributed by atoms with Gasteiger partial charge in [0, 0.05) is 37.9 Å². The normalized spacial score (nSPS) is 24.1. The highest BCUT2D eigenvalue weighted by Gasteiger charge is 2.56. The van der Waals surface area contributed by atoms with Crippen LogP contribution >= 0.6 is 0 Å². The summed E-state index contributed by atoms with van der Waals surface area (Å²) in [6, 6.07) is 1.28. The minimum Gasteiger partial charge on any atom is -0.506 e. The summed E-state index contributed by atoms with van der Waals surface area (Å²) in [6.07, 6.45) is -1.29. The monoisotopic (exact) mass is 344 g/mol. The summed E-state index contributed by atoms with van der Waals surface area (Å²) in [5.74, 6) is -1.96. The number of pyridine rings is 1. The minimum atomic E-state index is -4.28. The van der Waals surface area contributed by atoms with Crippen LogP contribution in [0.15, 0.2) is 18.5 Å². The molecule has 0 aliphatic carbocycles. The molecular formula is C16H19F3N2O3. The smallest absolute Gasteiger partial charge is 0.392 e. The van der Waals surface area contributed by atoms with Crippen LogP contribution in [0.3, 0.4) is 0 Å². The van der Waals surface area contributed by atoms with Crippen molar-refractivity contribution < 1.29 is 27.8 Å². The first-order chi connectivity index (χ1) is 11.3. The van der Waals surface area contributed by atoms with Crippen LogP contribution in [0.4, 0.5) is 13.2 Å². The van der Waals surface area contributed by atoms with Crippen LogP contribution < -0.4 is 0 Å². The Morgan fingerprint density at radius 1 is 1.33 bits per heavy atom. The lowest BCUT2D eigenvalue weighted by molar-refractivity contribution is -0.232. The molecule has 1 unspecified atom stereocenters. The molecule has 2 saturated heterocycles. The SMILES string of the molecule is O=C(c1cncc(O)c1)N1CCC(C(F)(F)F)C2(CCOCC2)C1. The number of hydrogen-bond acceptors (Lipinski definition) is 4. The van der Waals surface area contributed by atoms with E-state index in [1.54, 1.807) is 0 Å². The Balaban J connectivity index is 1.84. The molecule has 1 spiro atoms. The zero-order chi connectivity index (χ0) is 17.4.